The van der Waals surface area contributed by atoms with Gasteiger partial charge < -0.3 is 4.42 Å². The van der Waals surface area contributed by atoms with Crippen molar-refractivity contribution in [2.24, 2.45) is 0 Å². The van der Waals surface area contributed by atoms with Gasteiger partial charge in [0.1, 0.15) is 5.76 Å². The topological polar surface area (TPSA) is 26.0 Å². The SMILES string of the molecule is [CH2]c1oc(-c2ccccc2Cl)nc1C. The summed E-state index contributed by atoms with van der Waals surface area (Å²) in [6.07, 6.45) is 0. The molecule has 0 saturated carbocycles. The second-order valence-corrected chi connectivity index (χ2v) is 3.41. The highest BCUT2D eigenvalue weighted by atomic mass is 35.5. The molecule has 0 saturated heterocycles. The number of hydrogen-bond acceptors (Lipinski definition) is 2. The van der Waals surface area contributed by atoms with Crippen molar-refractivity contribution in [3.63, 3.8) is 0 Å². The first-order chi connectivity index (χ1) is 6.68. The van der Waals surface area contributed by atoms with E-state index in [0.29, 0.717) is 16.7 Å². The van der Waals surface area contributed by atoms with Crippen LogP contribution >= 0.6 is 11.6 Å². The van der Waals surface area contributed by atoms with E-state index in [-0.39, 0.29) is 0 Å². The maximum absolute atomic E-state index is 6.00. The monoisotopic (exact) mass is 206 g/mol. The van der Waals surface area contributed by atoms with Crippen molar-refractivity contribution in [3.8, 4) is 11.5 Å². The van der Waals surface area contributed by atoms with Gasteiger partial charge in [0.25, 0.3) is 0 Å². The van der Waals surface area contributed by atoms with Gasteiger partial charge in [-0.05, 0) is 19.1 Å². The summed E-state index contributed by atoms with van der Waals surface area (Å²) in [6, 6.07) is 7.43. The van der Waals surface area contributed by atoms with Crippen molar-refractivity contribution in [1.29, 1.82) is 0 Å². The van der Waals surface area contributed by atoms with Gasteiger partial charge in [-0.25, -0.2) is 4.98 Å². The Bertz CT molecular complexity index is 443. The Morgan fingerprint density at radius 3 is 2.64 bits per heavy atom. The molecule has 0 spiro atoms. The first-order valence-corrected chi connectivity index (χ1v) is 4.60. The normalized spacial score (nSPS) is 10.5. The average Bonchev–Trinajstić information content (AvgIpc) is 2.48. The van der Waals surface area contributed by atoms with Crippen LogP contribution in [0.15, 0.2) is 28.7 Å². The molecule has 71 valence electrons. The van der Waals surface area contributed by atoms with E-state index < -0.39 is 0 Å². The van der Waals surface area contributed by atoms with Crippen molar-refractivity contribution in [2.45, 2.75) is 6.92 Å². The molecule has 0 aliphatic rings. The number of oxazole rings is 1. The smallest absolute Gasteiger partial charge is 0.228 e. The van der Waals surface area contributed by atoms with Crippen LogP contribution in [-0.2, 0) is 0 Å². The number of benzene rings is 1. The molecule has 0 unspecified atom stereocenters. The van der Waals surface area contributed by atoms with Gasteiger partial charge in [0.2, 0.25) is 5.89 Å². The summed E-state index contributed by atoms with van der Waals surface area (Å²) >= 11 is 6.00. The first-order valence-electron chi connectivity index (χ1n) is 4.23. The minimum atomic E-state index is 0.526. The van der Waals surface area contributed by atoms with E-state index in [1.165, 1.54) is 0 Å². The summed E-state index contributed by atoms with van der Waals surface area (Å²) < 4.78 is 5.37. The minimum absolute atomic E-state index is 0.526. The second-order valence-electron chi connectivity index (χ2n) is 3.01. The van der Waals surface area contributed by atoms with Crippen LogP contribution < -0.4 is 0 Å². The number of hydrogen-bond donors (Lipinski definition) is 0. The van der Waals surface area contributed by atoms with E-state index in [2.05, 4.69) is 11.9 Å². The van der Waals surface area contributed by atoms with Crippen LogP contribution in [0.3, 0.4) is 0 Å². The molecule has 0 amide bonds. The van der Waals surface area contributed by atoms with Crippen molar-refractivity contribution in [3.05, 3.63) is 47.7 Å². The fraction of sp³-hybridized carbons (Fsp3) is 0.0909. The average molecular weight is 207 g/mol. The molecule has 1 radical (unpaired) electrons. The molecular formula is C11H9ClNO. The molecule has 0 bridgehead atoms. The third-order valence-corrected chi connectivity index (χ3v) is 2.33. The Morgan fingerprint density at radius 1 is 1.36 bits per heavy atom. The molecule has 14 heavy (non-hydrogen) atoms. The first kappa shape index (κ1) is 9.28. The van der Waals surface area contributed by atoms with E-state index in [1.807, 2.05) is 25.1 Å². The van der Waals surface area contributed by atoms with Gasteiger partial charge in [-0.2, -0.15) is 0 Å². The van der Waals surface area contributed by atoms with Gasteiger partial charge in [-0.3, -0.25) is 0 Å². The van der Waals surface area contributed by atoms with E-state index in [9.17, 15) is 0 Å². The van der Waals surface area contributed by atoms with Crippen molar-refractivity contribution in [1.82, 2.24) is 4.98 Å². The Hall–Kier alpha value is -1.28. The Kier molecular flexibility index (Phi) is 2.30. The predicted octanol–water partition coefficient (Wildman–Crippen LogP) is 3.49. The number of halogens is 1. The maximum atomic E-state index is 6.00. The molecule has 1 aromatic carbocycles. The van der Waals surface area contributed by atoms with Crippen LogP contribution in [0.4, 0.5) is 0 Å². The summed E-state index contributed by atoms with van der Waals surface area (Å²) in [4.78, 5) is 4.23. The fourth-order valence-electron chi connectivity index (χ4n) is 1.18. The molecule has 0 fully saturated rings. The predicted molar refractivity (Wildman–Crippen MR) is 56.1 cm³/mol. The summed E-state index contributed by atoms with van der Waals surface area (Å²) in [5, 5.41) is 0.633. The van der Waals surface area contributed by atoms with E-state index in [0.717, 1.165) is 11.3 Å². The van der Waals surface area contributed by atoms with Gasteiger partial charge in [0, 0.05) is 6.92 Å². The fourth-order valence-corrected chi connectivity index (χ4v) is 1.39. The van der Waals surface area contributed by atoms with E-state index in [1.54, 1.807) is 6.07 Å². The minimum Gasteiger partial charge on any atom is -0.441 e. The summed E-state index contributed by atoms with van der Waals surface area (Å²) in [5.41, 5.74) is 1.59. The summed E-state index contributed by atoms with van der Waals surface area (Å²) in [5.74, 6) is 1.11. The Labute approximate surface area is 87.5 Å². The van der Waals surface area contributed by atoms with Crippen molar-refractivity contribution in [2.75, 3.05) is 0 Å². The lowest BCUT2D eigenvalue weighted by molar-refractivity contribution is 0.555. The molecule has 0 aliphatic carbocycles. The molecule has 0 atom stereocenters. The van der Waals surface area contributed by atoms with Gasteiger partial charge >= 0.3 is 0 Å². The van der Waals surface area contributed by atoms with Crippen LogP contribution in [-0.4, -0.2) is 4.98 Å². The third-order valence-electron chi connectivity index (χ3n) is 2.00. The summed E-state index contributed by atoms with van der Waals surface area (Å²) in [6.45, 7) is 5.58. The zero-order valence-electron chi connectivity index (χ0n) is 7.75. The molecule has 3 heteroatoms. The molecule has 0 aliphatic heterocycles. The molecule has 1 heterocycles. The van der Waals surface area contributed by atoms with E-state index >= 15 is 0 Å². The van der Waals surface area contributed by atoms with Crippen LogP contribution in [0.2, 0.25) is 5.02 Å². The molecule has 2 nitrogen and oxygen atoms in total. The molecular weight excluding hydrogens is 198 g/mol. The highest BCUT2D eigenvalue weighted by Crippen LogP contribution is 2.27. The quantitative estimate of drug-likeness (QED) is 0.714. The second kappa shape index (κ2) is 3.46. The van der Waals surface area contributed by atoms with Gasteiger partial charge in [-0.1, -0.05) is 23.7 Å². The van der Waals surface area contributed by atoms with Crippen LogP contribution in [0.5, 0.6) is 0 Å². The van der Waals surface area contributed by atoms with Crippen molar-refractivity contribution >= 4 is 11.6 Å². The Morgan fingerprint density at radius 2 is 2.07 bits per heavy atom. The molecule has 2 aromatic rings. The zero-order chi connectivity index (χ0) is 10.1. The third kappa shape index (κ3) is 1.53. The number of nitrogens with zero attached hydrogens (tertiary/aromatic N) is 1. The number of aromatic nitrogens is 1. The molecule has 1 aromatic heterocycles. The maximum Gasteiger partial charge on any atom is 0.228 e. The lowest BCUT2D eigenvalue weighted by Crippen LogP contribution is -1.78. The van der Waals surface area contributed by atoms with Gasteiger partial charge in [-0.15, -0.1) is 0 Å². The number of rotatable bonds is 1. The van der Waals surface area contributed by atoms with E-state index in [4.69, 9.17) is 16.0 Å². The lowest BCUT2D eigenvalue weighted by Gasteiger charge is -1.96. The van der Waals surface area contributed by atoms with Gasteiger partial charge in [0.15, 0.2) is 0 Å². The number of aryl methyl sites for hydroxylation is 1. The highest BCUT2D eigenvalue weighted by molar-refractivity contribution is 6.33. The Balaban J connectivity index is 2.55. The van der Waals surface area contributed by atoms with Gasteiger partial charge in [0.05, 0.1) is 16.3 Å². The van der Waals surface area contributed by atoms with Crippen LogP contribution in [0, 0.1) is 13.8 Å². The zero-order valence-corrected chi connectivity index (χ0v) is 8.51. The highest BCUT2D eigenvalue weighted by Gasteiger charge is 2.10. The molecule has 0 N–H and O–H groups in total. The molecule has 2 rings (SSSR count). The van der Waals surface area contributed by atoms with Crippen molar-refractivity contribution < 1.29 is 4.42 Å². The lowest BCUT2D eigenvalue weighted by atomic mass is 10.2. The van der Waals surface area contributed by atoms with Crippen LogP contribution in [0.25, 0.3) is 11.5 Å². The largest absolute Gasteiger partial charge is 0.441 e. The summed E-state index contributed by atoms with van der Waals surface area (Å²) in [7, 11) is 0. The van der Waals surface area contributed by atoms with Crippen LogP contribution in [0.1, 0.15) is 11.5 Å². The standard InChI is InChI=1S/C11H9ClNO/c1-7-8(2)14-11(13-7)9-5-3-4-6-10(9)12/h3-6H,2H2,1H3.